The van der Waals surface area contributed by atoms with E-state index in [1.165, 1.54) is 5.56 Å². The number of hydrogen-bond donors (Lipinski definition) is 3. The molecule has 5 heteroatoms. The molecule has 2 aromatic rings. The van der Waals surface area contributed by atoms with Gasteiger partial charge in [0.2, 0.25) is 0 Å². The van der Waals surface area contributed by atoms with Crippen molar-refractivity contribution in [3.05, 3.63) is 65.2 Å². The molecule has 0 heterocycles. The third-order valence-corrected chi connectivity index (χ3v) is 3.86. The predicted octanol–water partition coefficient (Wildman–Crippen LogP) is 3.87. The molecule has 1 atom stereocenters. The number of carbonyl (C=O) groups is 2. The Kier molecular flexibility index (Phi) is 6.17. The fourth-order valence-corrected chi connectivity index (χ4v) is 2.66. The molecule has 0 aliphatic heterocycles. The van der Waals surface area contributed by atoms with Crippen molar-refractivity contribution in [2.24, 2.45) is 11.7 Å². The predicted molar refractivity (Wildman–Crippen MR) is 101 cm³/mol. The average Bonchev–Trinajstić information content (AvgIpc) is 2.54. The number of nitrogens with one attached hydrogen (secondary N) is 2. The molecule has 25 heavy (non-hydrogen) atoms. The van der Waals surface area contributed by atoms with E-state index in [4.69, 9.17) is 5.73 Å². The number of primary amides is 1. The zero-order chi connectivity index (χ0) is 18.4. The van der Waals surface area contributed by atoms with Gasteiger partial charge in [-0.2, -0.15) is 0 Å². The molecule has 0 saturated heterocycles. The Hall–Kier alpha value is -2.82. The zero-order valence-electron chi connectivity index (χ0n) is 14.9. The van der Waals surface area contributed by atoms with E-state index in [-0.39, 0.29) is 11.9 Å². The molecule has 0 aliphatic rings. The molecule has 132 valence electrons. The van der Waals surface area contributed by atoms with Gasteiger partial charge in [0, 0.05) is 11.3 Å². The van der Waals surface area contributed by atoms with E-state index in [2.05, 4.69) is 36.6 Å². The highest BCUT2D eigenvalue weighted by atomic mass is 16.2. The minimum absolute atomic E-state index is 0.117. The molecular weight excluding hydrogens is 314 g/mol. The number of amides is 3. The summed E-state index contributed by atoms with van der Waals surface area (Å²) in [6.45, 7) is 6.33. The Balaban J connectivity index is 2.03. The molecule has 3 amide bonds. The van der Waals surface area contributed by atoms with Crippen LogP contribution in [0.5, 0.6) is 0 Å². The first-order valence-electron chi connectivity index (χ1n) is 8.41. The standard InChI is InChI=1S/C20H25N3O2/c1-13(2)11-15-7-9-16(10-8-15)14(3)22-19(24)17-5-4-6-18(12-17)23-20(21)25/h4-10,12-14H,11H2,1-3H3,(H,22,24)(H3,21,23,25)/t14-/m0/s1. The van der Waals surface area contributed by atoms with Gasteiger partial charge in [0.05, 0.1) is 6.04 Å². The van der Waals surface area contributed by atoms with Gasteiger partial charge in [-0.3, -0.25) is 4.79 Å². The lowest BCUT2D eigenvalue weighted by molar-refractivity contribution is 0.0940. The van der Waals surface area contributed by atoms with E-state index in [0.29, 0.717) is 17.2 Å². The second kappa shape index (κ2) is 8.33. The van der Waals surface area contributed by atoms with Gasteiger partial charge in [0.25, 0.3) is 5.91 Å². The summed E-state index contributed by atoms with van der Waals surface area (Å²) < 4.78 is 0. The van der Waals surface area contributed by atoms with Gasteiger partial charge in [0.15, 0.2) is 0 Å². The zero-order valence-corrected chi connectivity index (χ0v) is 14.9. The largest absolute Gasteiger partial charge is 0.351 e. The quantitative estimate of drug-likeness (QED) is 0.746. The molecule has 5 nitrogen and oxygen atoms in total. The van der Waals surface area contributed by atoms with Crippen molar-refractivity contribution in [3.8, 4) is 0 Å². The summed E-state index contributed by atoms with van der Waals surface area (Å²) in [6.07, 6.45) is 1.04. The first-order chi connectivity index (χ1) is 11.8. The van der Waals surface area contributed by atoms with E-state index in [1.54, 1.807) is 24.3 Å². The minimum atomic E-state index is -0.660. The third-order valence-electron chi connectivity index (χ3n) is 3.86. The first-order valence-corrected chi connectivity index (χ1v) is 8.41. The number of nitrogens with two attached hydrogens (primary N) is 1. The van der Waals surface area contributed by atoms with Crippen LogP contribution in [0.25, 0.3) is 0 Å². The van der Waals surface area contributed by atoms with Crippen LogP contribution < -0.4 is 16.4 Å². The highest BCUT2D eigenvalue weighted by Gasteiger charge is 2.12. The van der Waals surface area contributed by atoms with E-state index in [9.17, 15) is 9.59 Å². The van der Waals surface area contributed by atoms with Gasteiger partial charge in [-0.25, -0.2) is 4.79 Å². The van der Waals surface area contributed by atoms with Crippen LogP contribution in [0.1, 0.15) is 48.3 Å². The molecule has 0 spiro atoms. The topological polar surface area (TPSA) is 84.2 Å². The summed E-state index contributed by atoms with van der Waals surface area (Å²) in [6, 6.07) is 14.2. The van der Waals surface area contributed by atoms with Gasteiger partial charge in [-0.1, -0.05) is 44.2 Å². The van der Waals surface area contributed by atoms with Crippen LogP contribution in [0, 0.1) is 5.92 Å². The molecule has 0 bridgehead atoms. The molecule has 2 aromatic carbocycles. The molecule has 0 aliphatic carbocycles. The second-order valence-corrected chi connectivity index (χ2v) is 6.60. The van der Waals surface area contributed by atoms with Gasteiger partial charge < -0.3 is 16.4 Å². The Morgan fingerprint density at radius 2 is 1.72 bits per heavy atom. The Morgan fingerprint density at radius 1 is 1.04 bits per heavy atom. The highest BCUT2D eigenvalue weighted by Crippen LogP contribution is 2.17. The molecule has 0 unspecified atom stereocenters. The number of rotatable bonds is 6. The normalized spacial score (nSPS) is 11.8. The second-order valence-electron chi connectivity index (χ2n) is 6.60. The highest BCUT2D eigenvalue weighted by molar-refractivity contribution is 5.96. The van der Waals surface area contributed by atoms with Crippen LogP contribution in [0.4, 0.5) is 10.5 Å². The van der Waals surface area contributed by atoms with Crippen LogP contribution in [0.3, 0.4) is 0 Å². The maximum Gasteiger partial charge on any atom is 0.316 e. The Morgan fingerprint density at radius 3 is 2.32 bits per heavy atom. The minimum Gasteiger partial charge on any atom is -0.351 e. The number of urea groups is 1. The Bertz CT molecular complexity index is 739. The van der Waals surface area contributed by atoms with Crippen molar-refractivity contribution < 1.29 is 9.59 Å². The summed E-state index contributed by atoms with van der Waals surface area (Å²) in [5, 5.41) is 5.44. The number of anilines is 1. The van der Waals surface area contributed by atoms with E-state index in [1.807, 2.05) is 19.1 Å². The SMILES string of the molecule is CC(C)Cc1ccc([C@H](C)NC(=O)c2cccc(NC(N)=O)c2)cc1. The maximum absolute atomic E-state index is 12.4. The number of benzene rings is 2. The van der Waals surface area contributed by atoms with Crippen LogP contribution in [0.2, 0.25) is 0 Å². The fraction of sp³-hybridized carbons (Fsp3) is 0.300. The van der Waals surface area contributed by atoms with E-state index < -0.39 is 6.03 Å². The lowest BCUT2D eigenvalue weighted by atomic mass is 10.00. The number of carbonyl (C=O) groups excluding carboxylic acids is 2. The average molecular weight is 339 g/mol. The molecule has 0 fully saturated rings. The molecule has 0 radical (unpaired) electrons. The van der Waals surface area contributed by atoms with Crippen LogP contribution in [-0.4, -0.2) is 11.9 Å². The summed E-state index contributed by atoms with van der Waals surface area (Å²) in [5.41, 5.74) is 8.40. The van der Waals surface area contributed by atoms with Crippen molar-refractivity contribution in [3.63, 3.8) is 0 Å². The van der Waals surface area contributed by atoms with Crippen molar-refractivity contribution in [1.29, 1.82) is 0 Å². The summed E-state index contributed by atoms with van der Waals surface area (Å²) in [5.74, 6) is 0.413. The van der Waals surface area contributed by atoms with Crippen LogP contribution in [0.15, 0.2) is 48.5 Å². The van der Waals surface area contributed by atoms with Gasteiger partial charge in [-0.05, 0) is 48.6 Å². The van der Waals surface area contributed by atoms with Gasteiger partial charge in [0.1, 0.15) is 0 Å². The number of hydrogen-bond acceptors (Lipinski definition) is 2. The lowest BCUT2D eigenvalue weighted by Crippen LogP contribution is -2.27. The molecule has 2 rings (SSSR count). The molecule has 0 aromatic heterocycles. The summed E-state index contributed by atoms with van der Waals surface area (Å²) >= 11 is 0. The van der Waals surface area contributed by atoms with Gasteiger partial charge in [-0.15, -0.1) is 0 Å². The molecular formula is C20H25N3O2. The summed E-state index contributed by atoms with van der Waals surface area (Å²) in [7, 11) is 0. The Labute approximate surface area is 148 Å². The van der Waals surface area contributed by atoms with Gasteiger partial charge >= 0.3 is 6.03 Å². The lowest BCUT2D eigenvalue weighted by Gasteiger charge is -2.16. The first kappa shape index (κ1) is 18.5. The molecule has 0 saturated carbocycles. The maximum atomic E-state index is 12.4. The molecule has 4 N–H and O–H groups in total. The monoisotopic (exact) mass is 339 g/mol. The van der Waals surface area contributed by atoms with Crippen LogP contribution >= 0.6 is 0 Å². The smallest absolute Gasteiger partial charge is 0.316 e. The van der Waals surface area contributed by atoms with E-state index >= 15 is 0 Å². The van der Waals surface area contributed by atoms with Crippen LogP contribution in [-0.2, 0) is 6.42 Å². The van der Waals surface area contributed by atoms with Crippen molar-refractivity contribution in [2.75, 3.05) is 5.32 Å². The van der Waals surface area contributed by atoms with Crippen molar-refractivity contribution >= 4 is 17.6 Å². The third kappa shape index (κ3) is 5.64. The van der Waals surface area contributed by atoms with E-state index in [0.717, 1.165) is 12.0 Å². The fourth-order valence-electron chi connectivity index (χ4n) is 2.66. The van der Waals surface area contributed by atoms with Crippen molar-refractivity contribution in [2.45, 2.75) is 33.2 Å². The van der Waals surface area contributed by atoms with Crippen molar-refractivity contribution in [1.82, 2.24) is 5.32 Å². The summed E-state index contributed by atoms with van der Waals surface area (Å²) in [4.78, 5) is 23.3.